The van der Waals surface area contributed by atoms with Gasteiger partial charge in [-0.3, -0.25) is 5.41 Å². The Labute approximate surface area is 108 Å². The zero-order chi connectivity index (χ0) is 11.5. The number of rotatable bonds is 2. The summed E-state index contributed by atoms with van der Waals surface area (Å²) in [5.74, 6) is 1.56. The molecular formula is C10H14IN5. The van der Waals surface area contributed by atoms with E-state index in [0.717, 1.165) is 35.3 Å². The molecule has 0 aromatic carbocycles. The second-order valence-electron chi connectivity index (χ2n) is 3.91. The molecule has 0 aliphatic carbocycles. The SMILES string of the molecule is N=C(N)C1CCN(c2ncncc2I)CC1. The molecule has 0 unspecified atom stereocenters. The zero-order valence-electron chi connectivity index (χ0n) is 8.86. The number of hydrogen-bond donors (Lipinski definition) is 2. The average molecular weight is 331 g/mol. The molecule has 16 heavy (non-hydrogen) atoms. The summed E-state index contributed by atoms with van der Waals surface area (Å²) in [6, 6.07) is 0. The maximum atomic E-state index is 7.43. The Morgan fingerprint density at radius 3 is 2.75 bits per heavy atom. The largest absolute Gasteiger partial charge is 0.387 e. The number of amidine groups is 1. The van der Waals surface area contributed by atoms with Gasteiger partial charge < -0.3 is 10.6 Å². The third-order valence-corrected chi connectivity index (χ3v) is 3.64. The quantitative estimate of drug-likeness (QED) is 0.485. The first-order chi connectivity index (χ1) is 7.68. The Morgan fingerprint density at radius 2 is 2.19 bits per heavy atom. The summed E-state index contributed by atoms with van der Waals surface area (Å²) in [6.07, 6.45) is 5.28. The Bertz CT molecular complexity index is 387. The van der Waals surface area contributed by atoms with Crippen molar-refractivity contribution in [2.75, 3.05) is 18.0 Å². The molecule has 1 saturated heterocycles. The van der Waals surface area contributed by atoms with E-state index >= 15 is 0 Å². The van der Waals surface area contributed by atoms with Gasteiger partial charge in [0.15, 0.2) is 0 Å². The summed E-state index contributed by atoms with van der Waals surface area (Å²) < 4.78 is 1.07. The van der Waals surface area contributed by atoms with Gasteiger partial charge in [-0.05, 0) is 35.4 Å². The minimum absolute atomic E-state index is 0.246. The number of nitrogens with zero attached hydrogens (tertiary/aromatic N) is 3. The standard InChI is InChI=1S/C10H14IN5/c11-8-5-14-6-15-10(8)16-3-1-7(2-4-16)9(12)13/h5-7H,1-4H2,(H3,12,13). The maximum Gasteiger partial charge on any atom is 0.145 e. The third kappa shape index (κ3) is 2.42. The molecule has 1 aromatic heterocycles. The monoisotopic (exact) mass is 331 g/mol. The molecule has 86 valence electrons. The van der Waals surface area contributed by atoms with Crippen molar-refractivity contribution in [1.29, 1.82) is 5.41 Å². The molecule has 5 nitrogen and oxygen atoms in total. The highest BCUT2D eigenvalue weighted by molar-refractivity contribution is 14.1. The van der Waals surface area contributed by atoms with Crippen LogP contribution in [0.1, 0.15) is 12.8 Å². The molecule has 2 heterocycles. The fraction of sp³-hybridized carbons (Fsp3) is 0.500. The van der Waals surface area contributed by atoms with Crippen LogP contribution in [0.25, 0.3) is 0 Å². The molecule has 0 saturated carbocycles. The predicted octanol–water partition coefficient (Wildman–Crippen LogP) is 1.23. The summed E-state index contributed by atoms with van der Waals surface area (Å²) >= 11 is 2.25. The molecule has 1 aliphatic heterocycles. The van der Waals surface area contributed by atoms with Crippen molar-refractivity contribution in [3.63, 3.8) is 0 Å². The van der Waals surface area contributed by atoms with E-state index in [-0.39, 0.29) is 5.92 Å². The van der Waals surface area contributed by atoms with E-state index in [1.165, 1.54) is 0 Å². The lowest BCUT2D eigenvalue weighted by Crippen LogP contribution is -2.39. The molecule has 1 aromatic rings. The molecule has 1 aliphatic rings. The molecule has 0 spiro atoms. The van der Waals surface area contributed by atoms with Crippen molar-refractivity contribution < 1.29 is 0 Å². The van der Waals surface area contributed by atoms with E-state index in [4.69, 9.17) is 11.1 Å². The van der Waals surface area contributed by atoms with Gasteiger partial charge in [-0.25, -0.2) is 9.97 Å². The molecule has 0 radical (unpaired) electrons. The van der Waals surface area contributed by atoms with Crippen LogP contribution in [0.4, 0.5) is 5.82 Å². The fourth-order valence-corrected chi connectivity index (χ4v) is 2.58. The van der Waals surface area contributed by atoms with E-state index in [1.54, 1.807) is 6.33 Å². The summed E-state index contributed by atoms with van der Waals surface area (Å²) in [7, 11) is 0. The van der Waals surface area contributed by atoms with Gasteiger partial charge >= 0.3 is 0 Å². The van der Waals surface area contributed by atoms with Gasteiger partial charge in [0.05, 0.1) is 9.41 Å². The van der Waals surface area contributed by atoms with Gasteiger partial charge in [0, 0.05) is 25.2 Å². The summed E-state index contributed by atoms with van der Waals surface area (Å²) in [4.78, 5) is 10.5. The van der Waals surface area contributed by atoms with Crippen LogP contribution in [0.3, 0.4) is 0 Å². The average Bonchev–Trinajstić information content (AvgIpc) is 2.30. The van der Waals surface area contributed by atoms with E-state index in [2.05, 4.69) is 37.5 Å². The van der Waals surface area contributed by atoms with Gasteiger partial charge in [-0.15, -0.1) is 0 Å². The highest BCUT2D eigenvalue weighted by atomic mass is 127. The van der Waals surface area contributed by atoms with E-state index in [0.29, 0.717) is 5.84 Å². The summed E-state index contributed by atoms with van der Waals surface area (Å²) in [5.41, 5.74) is 5.52. The first-order valence-electron chi connectivity index (χ1n) is 5.23. The molecule has 0 atom stereocenters. The first kappa shape index (κ1) is 11.6. The molecule has 0 bridgehead atoms. The summed E-state index contributed by atoms with van der Waals surface area (Å²) in [6.45, 7) is 1.83. The topological polar surface area (TPSA) is 78.9 Å². The van der Waals surface area contributed by atoms with Crippen LogP contribution in [-0.2, 0) is 0 Å². The molecule has 6 heteroatoms. The zero-order valence-corrected chi connectivity index (χ0v) is 11.0. The van der Waals surface area contributed by atoms with Gasteiger partial charge in [-0.2, -0.15) is 0 Å². The van der Waals surface area contributed by atoms with Crippen LogP contribution >= 0.6 is 22.6 Å². The second kappa shape index (κ2) is 4.94. The van der Waals surface area contributed by atoms with Crippen LogP contribution < -0.4 is 10.6 Å². The Hall–Kier alpha value is -0.920. The third-order valence-electron chi connectivity index (χ3n) is 2.88. The lowest BCUT2D eigenvalue weighted by Gasteiger charge is -2.32. The Kier molecular flexibility index (Phi) is 3.57. The number of halogens is 1. The van der Waals surface area contributed by atoms with Gasteiger partial charge in [0.2, 0.25) is 0 Å². The molecule has 1 fully saturated rings. The number of aromatic nitrogens is 2. The maximum absolute atomic E-state index is 7.43. The molecule has 0 amide bonds. The van der Waals surface area contributed by atoms with Crippen LogP contribution in [0.5, 0.6) is 0 Å². The van der Waals surface area contributed by atoms with Crippen LogP contribution in [-0.4, -0.2) is 28.9 Å². The fourth-order valence-electron chi connectivity index (χ4n) is 1.94. The molecule has 3 N–H and O–H groups in total. The number of nitrogens with one attached hydrogen (secondary N) is 1. The van der Waals surface area contributed by atoms with Gasteiger partial charge in [0.1, 0.15) is 12.1 Å². The first-order valence-corrected chi connectivity index (χ1v) is 6.30. The van der Waals surface area contributed by atoms with Gasteiger partial charge in [0.25, 0.3) is 0 Å². The lowest BCUT2D eigenvalue weighted by atomic mass is 9.96. The highest BCUT2D eigenvalue weighted by Crippen LogP contribution is 2.24. The van der Waals surface area contributed by atoms with Crippen LogP contribution in [0.2, 0.25) is 0 Å². The normalized spacial score (nSPS) is 17.4. The van der Waals surface area contributed by atoms with Crippen LogP contribution in [0.15, 0.2) is 12.5 Å². The molecule has 2 rings (SSSR count). The predicted molar refractivity (Wildman–Crippen MR) is 71.6 cm³/mol. The second-order valence-corrected chi connectivity index (χ2v) is 5.07. The highest BCUT2D eigenvalue weighted by Gasteiger charge is 2.22. The lowest BCUT2D eigenvalue weighted by molar-refractivity contribution is 0.494. The van der Waals surface area contributed by atoms with Crippen molar-refractivity contribution >= 4 is 34.2 Å². The van der Waals surface area contributed by atoms with E-state index < -0.39 is 0 Å². The minimum atomic E-state index is 0.246. The molecular weight excluding hydrogens is 317 g/mol. The van der Waals surface area contributed by atoms with Crippen molar-refractivity contribution in [2.24, 2.45) is 11.7 Å². The smallest absolute Gasteiger partial charge is 0.145 e. The van der Waals surface area contributed by atoms with E-state index in [1.807, 2.05) is 6.20 Å². The van der Waals surface area contributed by atoms with Crippen LogP contribution in [0, 0.1) is 14.9 Å². The van der Waals surface area contributed by atoms with Crippen molar-refractivity contribution in [3.8, 4) is 0 Å². The summed E-state index contributed by atoms with van der Waals surface area (Å²) in [5, 5.41) is 7.43. The van der Waals surface area contributed by atoms with Gasteiger partial charge in [-0.1, -0.05) is 0 Å². The Morgan fingerprint density at radius 1 is 1.50 bits per heavy atom. The minimum Gasteiger partial charge on any atom is -0.387 e. The number of nitrogens with two attached hydrogens (primary N) is 1. The Balaban J connectivity index is 2.05. The number of piperidine rings is 1. The van der Waals surface area contributed by atoms with E-state index in [9.17, 15) is 0 Å². The van der Waals surface area contributed by atoms with Crippen molar-refractivity contribution in [3.05, 3.63) is 16.1 Å². The van der Waals surface area contributed by atoms with Crippen molar-refractivity contribution in [2.45, 2.75) is 12.8 Å². The number of hydrogen-bond acceptors (Lipinski definition) is 4. The van der Waals surface area contributed by atoms with Crippen molar-refractivity contribution in [1.82, 2.24) is 9.97 Å². The number of anilines is 1.